The zero-order valence-electron chi connectivity index (χ0n) is 13.5. The largest absolute Gasteiger partial charge is 0.462 e. The number of esters is 1. The molecule has 0 aliphatic rings. The van der Waals surface area contributed by atoms with Gasteiger partial charge < -0.3 is 10.1 Å². The molecular formula is C17H13ClN4O2S. The van der Waals surface area contributed by atoms with Gasteiger partial charge in [0.05, 0.1) is 23.2 Å². The van der Waals surface area contributed by atoms with Crippen LogP contribution in [-0.4, -0.2) is 22.5 Å². The molecule has 3 rings (SSSR count). The van der Waals surface area contributed by atoms with Crippen LogP contribution in [0.1, 0.15) is 27.7 Å². The Bertz CT molecular complexity index is 1010. The van der Waals surface area contributed by atoms with Crippen LogP contribution in [0.4, 0.5) is 11.5 Å². The first kappa shape index (κ1) is 17.1. The monoisotopic (exact) mass is 372 g/mol. The third kappa shape index (κ3) is 3.27. The summed E-state index contributed by atoms with van der Waals surface area (Å²) < 4.78 is 5.09. The minimum absolute atomic E-state index is 0.0566. The van der Waals surface area contributed by atoms with Gasteiger partial charge in [0, 0.05) is 0 Å². The highest BCUT2D eigenvalue weighted by Gasteiger charge is 2.21. The summed E-state index contributed by atoms with van der Waals surface area (Å²) >= 11 is 7.24. The number of rotatable bonds is 4. The van der Waals surface area contributed by atoms with Gasteiger partial charge in [-0.25, -0.2) is 9.78 Å². The normalized spacial score (nSPS) is 10.5. The average molecular weight is 373 g/mol. The molecule has 0 aliphatic carbocycles. The number of fused-ring (bicyclic) bond motifs is 1. The molecular weight excluding hydrogens is 360 g/mol. The molecule has 126 valence electrons. The minimum atomic E-state index is -0.400. The van der Waals surface area contributed by atoms with Crippen LogP contribution in [0.3, 0.4) is 0 Å². The Morgan fingerprint density at radius 3 is 2.88 bits per heavy atom. The Kier molecular flexibility index (Phi) is 4.83. The van der Waals surface area contributed by atoms with Crippen molar-refractivity contribution in [3.63, 3.8) is 0 Å². The van der Waals surface area contributed by atoms with E-state index in [0.29, 0.717) is 44.3 Å². The lowest BCUT2D eigenvalue weighted by Gasteiger charge is -2.09. The molecule has 0 fully saturated rings. The molecule has 0 saturated carbocycles. The molecule has 0 bridgehead atoms. The molecule has 0 radical (unpaired) electrons. The second-order valence-corrected chi connectivity index (χ2v) is 6.42. The van der Waals surface area contributed by atoms with Crippen molar-refractivity contribution in [1.82, 2.24) is 9.97 Å². The summed E-state index contributed by atoms with van der Waals surface area (Å²) in [6.45, 7) is 3.85. The average Bonchev–Trinajstić information content (AvgIpc) is 2.92. The van der Waals surface area contributed by atoms with E-state index < -0.39 is 5.97 Å². The van der Waals surface area contributed by atoms with Gasteiger partial charge in [-0.2, -0.15) is 10.2 Å². The van der Waals surface area contributed by atoms with E-state index >= 15 is 0 Å². The van der Waals surface area contributed by atoms with Crippen LogP contribution >= 0.6 is 22.9 Å². The fourth-order valence-corrected chi connectivity index (χ4v) is 3.71. The second kappa shape index (κ2) is 7.05. The van der Waals surface area contributed by atoms with Gasteiger partial charge in [0.15, 0.2) is 0 Å². The van der Waals surface area contributed by atoms with Gasteiger partial charge >= 0.3 is 5.97 Å². The van der Waals surface area contributed by atoms with Crippen LogP contribution in [0.2, 0.25) is 5.28 Å². The zero-order chi connectivity index (χ0) is 18.0. The molecule has 0 atom stereocenters. The third-order valence-corrected chi connectivity index (χ3v) is 4.86. The number of carbonyl (C=O) groups is 1. The van der Waals surface area contributed by atoms with Gasteiger partial charge in [-0.3, -0.25) is 0 Å². The number of ether oxygens (including phenoxy) is 1. The molecule has 25 heavy (non-hydrogen) atoms. The first-order chi connectivity index (χ1) is 12.0. The molecule has 8 heteroatoms. The third-order valence-electron chi connectivity index (χ3n) is 3.52. The van der Waals surface area contributed by atoms with Crippen LogP contribution in [0.15, 0.2) is 24.3 Å². The molecule has 0 amide bonds. The second-order valence-electron chi connectivity index (χ2n) is 5.08. The van der Waals surface area contributed by atoms with Crippen molar-refractivity contribution in [2.45, 2.75) is 13.8 Å². The van der Waals surface area contributed by atoms with Crippen molar-refractivity contribution in [2.75, 3.05) is 11.9 Å². The van der Waals surface area contributed by atoms with Crippen molar-refractivity contribution in [2.24, 2.45) is 0 Å². The maximum absolute atomic E-state index is 12.1. The van der Waals surface area contributed by atoms with E-state index in [4.69, 9.17) is 16.3 Å². The number of halogens is 1. The van der Waals surface area contributed by atoms with E-state index in [1.807, 2.05) is 13.0 Å². The maximum Gasteiger partial charge on any atom is 0.348 e. The summed E-state index contributed by atoms with van der Waals surface area (Å²) in [7, 11) is 0. The summed E-state index contributed by atoms with van der Waals surface area (Å²) in [4.78, 5) is 21.6. The molecule has 3 aromatic rings. The number of benzene rings is 1. The summed E-state index contributed by atoms with van der Waals surface area (Å²) in [5, 5.41) is 13.1. The maximum atomic E-state index is 12.1. The lowest BCUT2D eigenvalue weighted by molar-refractivity contribution is 0.0531. The van der Waals surface area contributed by atoms with Gasteiger partial charge in [-0.15, -0.1) is 11.3 Å². The van der Waals surface area contributed by atoms with E-state index in [9.17, 15) is 10.1 Å². The number of aryl methyl sites for hydroxylation is 1. The van der Waals surface area contributed by atoms with Gasteiger partial charge in [0.1, 0.15) is 21.6 Å². The molecule has 2 aromatic heterocycles. The summed E-state index contributed by atoms with van der Waals surface area (Å²) in [6, 6.07) is 9.19. The minimum Gasteiger partial charge on any atom is -0.462 e. The Morgan fingerprint density at radius 1 is 1.40 bits per heavy atom. The zero-order valence-corrected chi connectivity index (χ0v) is 15.0. The molecule has 6 nitrogen and oxygen atoms in total. The number of carbonyl (C=O) groups excluding carboxylic acids is 1. The quantitative estimate of drug-likeness (QED) is 0.537. The molecule has 0 aliphatic heterocycles. The van der Waals surface area contributed by atoms with Crippen molar-refractivity contribution < 1.29 is 9.53 Å². The highest BCUT2D eigenvalue weighted by Crippen LogP contribution is 2.36. The topological polar surface area (TPSA) is 87.9 Å². The summed E-state index contributed by atoms with van der Waals surface area (Å²) in [6.07, 6.45) is 0. The fourth-order valence-electron chi connectivity index (χ4n) is 2.41. The number of hydrogen-bond acceptors (Lipinski definition) is 7. The van der Waals surface area contributed by atoms with Gasteiger partial charge in [-0.1, -0.05) is 12.1 Å². The lowest BCUT2D eigenvalue weighted by atomic mass is 10.1. The molecule has 0 unspecified atom stereocenters. The lowest BCUT2D eigenvalue weighted by Crippen LogP contribution is -2.04. The molecule has 0 spiro atoms. The van der Waals surface area contributed by atoms with E-state index in [1.54, 1.807) is 25.1 Å². The van der Waals surface area contributed by atoms with Gasteiger partial charge in [0.2, 0.25) is 5.28 Å². The first-order valence-electron chi connectivity index (χ1n) is 7.45. The van der Waals surface area contributed by atoms with E-state index in [2.05, 4.69) is 21.4 Å². The molecule has 1 aromatic carbocycles. The highest BCUT2D eigenvalue weighted by atomic mass is 35.5. The molecule has 0 saturated heterocycles. The predicted octanol–water partition coefficient (Wildman–Crippen LogP) is 4.45. The predicted molar refractivity (Wildman–Crippen MR) is 97.6 cm³/mol. The number of anilines is 2. The Hall–Kier alpha value is -2.69. The van der Waals surface area contributed by atoms with Gasteiger partial charge in [-0.05, 0) is 43.1 Å². The van der Waals surface area contributed by atoms with E-state index in [0.717, 1.165) is 0 Å². The Morgan fingerprint density at radius 2 is 2.16 bits per heavy atom. The SMILES string of the molecule is CCOC(=O)c1sc2nc(Cl)nc(Nc3ccccc3C#N)c2c1C. The number of aromatic nitrogens is 2. The standard InChI is InChI=1S/C17H13ClN4O2S/c1-3-24-16(23)13-9(2)12-14(21-17(18)22-15(12)25-13)20-11-7-5-4-6-10(11)8-19/h4-7H,3H2,1-2H3,(H,20,21,22). The highest BCUT2D eigenvalue weighted by molar-refractivity contribution is 7.20. The van der Waals surface area contributed by atoms with E-state index in [1.165, 1.54) is 11.3 Å². The number of nitrogens with one attached hydrogen (secondary N) is 1. The van der Waals surface area contributed by atoms with Gasteiger partial charge in [0.25, 0.3) is 0 Å². The molecule has 2 heterocycles. The van der Waals surface area contributed by atoms with E-state index in [-0.39, 0.29) is 5.28 Å². The number of nitriles is 1. The summed E-state index contributed by atoms with van der Waals surface area (Å²) in [5.41, 5.74) is 1.79. The van der Waals surface area contributed by atoms with Crippen molar-refractivity contribution in [3.8, 4) is 6.07 Å². The Balaban J connectivity index is 2.15. The number of nitrogens with zero attached hydrogens (tertiary/aromatic N) is 3. The van der Waals surface area contributed by atoms with Crippen LogP contribution in [0.5, 0.6) is 0 Å². The van der Waals surface area contributed by atoms with Crippen LogP contribution in [0.25, 0.3) is 10.2 Å². The smallest absolute Gasteiger partial charge is 0.348 e. The summed E-state index contributed by atoms with van der Waals surface area (Å²) in [5.74, 6) is 0.0458. The van der Waals surface area contributed by atoms with Crippen LogP contribution < -0.4 is 5.32 Å². The number of para-hydroxylation sites is 1. The number of thiophene rings is 1. The van der Waals surface area contributed by atoms with Crippen molar-refractivity contribution >= 4 is 50.6 Å². The molecule has 1 N–H and O–H groups in total. The first-order valence-corrected chi connectivity index (χ1v) is 8.64. The number of hydrogen-bond donors (Lipinski definition) is 1. The fraction of sp³-hybridized carbons (Fsp3) is 0.176. The Labute approximate surface area is 153 Å². The van der Waals surface area contributed by atoms with Crippen LogP contribution in [0, 0.1) is 18.3 Å². The van der Waals surface area contributed by atoms with Crippen LogP contribution in [-0.2, 0) is 4.74 Å². The van der Waals surface area contributed by atoms with Crippen molar-refractivity contribution in [1.29, 1.82) is 5.26 Å². The van der Waals surface area contributed by atoms with Crippen molar-refractivity contribution in [3.05, 3.63) is 45.6 Å².